The molecule has 0 radical (unpaired) electrons. The van der Waals surface area contributed by atoms with Crippen LogP contribution in [0.25, 0.3) is 0 Å². The third-order valence-corrected chi connectivity index (χ3v) is 8.74. The Hall–Kier alpha value is -1.38. The highest BCUT2D eigenvalue weighted by Crippen LogP contribution is 2.35. The topological polar surface area (TPSA) is 9.23 Å². The maximum atomic E-state index is 6.21. The van der Waals surface area contributed by atoms with E-state index in [0.29, 0.717) is 0 Å². The van der Waals surface area contributed by atoms with Crippen molar-refractivity contribution in [1.29, 1.82) is 0 Å². The van der Waals surface area contributed by atoms with Crippen molar-refractivity contribution in [3.8, 4) is 0 Å². The Balaban J connectivity index is 2.70. The molecule has 100 valence electrons. The van der Waals surface area contributed by atoms with E-state index in [0.717, 1.165) is 0 Å². The van der Waals surface area contributed by atoms with Gasteiger partial charge in [-0.15, -0.1) is 0 Å². The molecule has 0 aromatic heterocycles. The Bertz CT molecular complexity index is 474. The van der Waals surface area contributed by atoms with Gasteiger partial charge in [0.25, 0.3) is 8.32 Å². The van der Waals surface area contributed by atoms with Gasteiger partial charge in [-0.3, -0.25) is 0 Å². The quantitative estimate of drug-likeness (QED) is 0.778. The molecular formula is C17H22OSi. The highest BCUT2D eigenvalue weighted by molar-refractivity contribution is 6.99. The van der Waals surface area contributed by atoms with Gasteiger partial charge in [0.1, 0.15) is 0 Å². The molecule has 0 fully saturated rings. The average Bonchev–Trinajstić information content (AvgIpc) is 2.41. The van der Waals surface area contributed by atoms with E-state index in [1.165, 1.54) is 10.4 Å². The van der Waals surface area contributed by atoms with E-state index >= 15 is 0 Å². The highest BCUT2D eigenvalue weighted by atomic mass is 28.4. The summed E-state index contributed by atoms with van der Waals surface area (Å²) in [6, 6.07) is 21.3. The van der Waals surface area contributed by atoms with Gasteiger partial charge in [0, 0.05) is 7.11 Å². The van der Waals surface area contributed by atoms with E-state index in [-0.39, 0.29) is 5.04 Å². The van der Waals surface area contributed by atoms with Gasteiger partial charge in [-0.2, -0.15) is 0 Å². The second-order valence-corrected chi connectivity index (χ2v) is 10.3. The lowest BCUT2D eigenvalue weighted by Gasteiger charge is -2.41. The molecule has 2 aromatic carbocycles. The highest BCUT2D eigenvalue weighted by Gasteiger charge is 2.49. The van der Waals surface area contributed by atoms with Gasteiger partial charge < -0.3 is 4.43 Å². The molecule has 0 bridgehead atoms. The van der Waals surface area contributed by atoms with Gasteiger partial charge in [0.2, 0.25) is 0 Å². The first-order valence-corrected chi connectivity index (χ1v) is 8.59. The summed E-state index contributed by atoms with van der Waals surface area (Å²) in [4.78, 5) is 0. The molecule has 2 heteroatoms. The Labute approximate surface area is 117 Å². The number of benzene rings is 2. The lowest BCUT2D eigenvalue weighted by atomic mass is 10.2. The SMILES string of the molecule is CO[Si](c1ccccc1)(c1ccccc1)C(C)(C)C. The second-order valence-electron chi connectivity index (χ2n) is 5.87. The molecule has 0 aliphatic carbocycles. The smallest absolute Gasteiger partial charge is 0.260 e. The fourth-order valence-corrected chi connectivity index (χ4v) is 7.39. The largest absolute Gasteiger partial charge is 0.411 e. The molecule has 0 atom stereocenters. The zero-order valence-electron chi connectivity index (χ0n) is 12.2. The predicted molar refractivity (Wildman–Crippen MR) is 84.6 cm³/mol. The fourth-order valence-electron chi connectivity index (χ4n) is 2.92. The first-order chi connectivity index (χ1) is 9.02. The third kappa shape index (κ3) is 2.38. The summed E-state index contributed by atoms with van der Waals surface area (Å²) in [5, 5.41) is 2.75. The van der Waals surface area contributed by atoms with E-state index in [9.17, 15) is 0 Å². The molecule has 0 amide bonds. The molecule has 0 aliphatic rings. The van der Waals surface area contributed by atoms with Crippen LogP contribution < -0.4 is 10.4 Å². The summed E-state index contributed by atoms with van der Waals surface area (Å²) >= 11 is 0. The fraction of sp³-hybridized carbons (Fsp3) is 0.294. The molecule has 2 rings (SSSR count). The van der Waals surface area contributed by atoms with Gasteiger partial charge in [-0.25, -0.2) is 0 Å². The number of hydrogen-bond acceptors (Lipinski definition) is 1. The predicted octanol–water partition coefficient (Wildman–Crippen LogP) is 3.19. The Morgan fingerprint density at radius 2 is 1.11 bits per heavy atom. The molecule has 2 aromatic rings. The van der Waals surface area contributed by atoms with Crippen molar-refractivity contribution in [2.75, 3.05) is 7.11 Å². The Morgan fingerprint density at radius 1 is 0.737 bits per heavy atom. The molecule has 0 saturated carbocycles. The van der Waals surface area contributed by atoms with Gasteiger partial charge >= 0.3 is 0 Å². The van der Waals surface area contributed by atoms with E-state index < -0.39 is 8.32 Å². The van der Waals surface area contributed by atoms with Crippen LogP contribution in [-0.2, 0) is 4.43 Å². The molecule has 0 N–H and O–H groups in total. The molecule has 19 heavy (non-hydrogen) atoms. The normalized spacial score (nSPS) is 12.4. The minimum Gasteiger partial charge on any atom is -0.411 e. The van der Waals surface area contributed by atoms with Crippen LogP contribution in [0.15, 0.2) is 60.7 Å². The van der Waals surface area contributed by atoms with Crippen molar-refractivity contribution in [1.82, 2.24) is 0 Å². The van der Waals surface area contributed by atoms with Crippen molar-refractivity contribution in [2.45, 2.75) is 25.8 Å². The summed E-state index contributed by atoms with van der Waals surface area (Å²) in [5.74, 6) is 0. The number of rotatable bonds is 3. The first-order valence-electron chi connectivity index (χ1n) is 6.68. The monoisotopic (exact) mass is 270 g/mol. The summed E-state index contributed by atoms with van der Waals surface area (Å²) in [6.45, 7) is 6.84. The minimum absolute atomic E-state index is 0.0878. The van der Waals surface area contributed by atoms with Crippen molar-refractivity contribution in [3.05, 3.63) is 60.7 Å². The summed E-state index contributed by atoms with van der Waals surface area (Å²) in [5.41, 5.74) is 0. The average molecular weight is 270 g/mol. The van der Waals surface area contributed by atoms with Crippen LogP contribution in [0.4, 0.5) is 0 Å². The van der Waals surface area contributed by atoms with E-state index in [4.69, 9.17) is 4.43 Å². The maximum Gasteiger partial charge on any atom is 0.260 e. The van der Waals surface area contributed by atoms with Crippen LogP contribution in [0, 0.1) is 0 Å². The van der Waals surface area contributed by atoms with Gasteiger partial charge in [-0.05, 0) is 15.4 Å². The lowest BCUT2D eigenvalue weighted by molar-refractivity contribution is 0.386. The van der Waals surface area contributed by atoms with Crippen molar-refractivity contribution in [2.24, 2.45) is 0 Å². The zero-order valence-corrected chi connectivity index (χ0v) is 13.2. The van der Waals surface area contributed by atoms with Crippen LogP contribution >= 0.6 is 0 Å². The van der Waals surface area contributed by atoms with Crippen molar-refractivity contribution in [3.63, 3.8) is 0 Å². The molecule has 1 nitrogen and oxygen atoms in total. The van der Waals surface area contributed by atoms with E-state index in [2.05, 4.69) is 81.4 Å². The van der Waals surface area contributed by atoms with Crippen LogP contribution in [0.5, 0.6) is 0 Å². The lowest BCUT2D eigenvalue weighted by Crippen LogP contribution is -2.66. The molecule has 0 saturated heterocycles. The molecular weight excluding hydrogens is 248 g/mol. The van der Waals surface area contributed by atoms with E-state index in [1.54, 1.807) is 0 Å². The zero-order chi connectivity index (χ0) is 13.9. The Kier molecular flexibility index (Phi) is 3.93. The van der Waals surface area contributed by atoms with Crippen molar-refractivity contribution >= 4 is 18.7 Å². The molecule has 0 heterocycles. The molecule has 0 aliphatic heterocycles. The van der Waals surface area contributed by atoms with Crippen molar-refractivity contribution < 1.29 is 4.43 Å². The van der Waals surface area contributed by atoms with Crippen LogP contribution in [0.1, 0.15) is 20.8 Å². The molecule has 0 spiro atoms. The third-order valence-electron chi connectivity index (χ3n) is 3.72. The van der Waals surface area contributed by atoms with Gasteiger partial charge in [0.15, 0.2) is 0 Å². The molecule has 0 unspecified atom stereocenters. The summed E-state index contributed by atoms with van der Waals surface area (Å²) in [7, 11) is -0.365. The summed E-state index contributed by atoms with van der Waals surface area (Å²) < 4.78 is 6.21. The van der Waals surface area contributed by atoms with Crippen LogP contribution in [-0.4, -0.2) is 15.4 Å². The Morgan fingerprint density at radius 3 is 1.37 bits per heavy atom. The number of hydrogen-bond donors (Lipinski definition) is 0. The van der Waals surface area contributed by atoms with Gasteiger partial charge in [0.05, 0.1) is 0 Å². The standard InChI is InChI=1S/C17H22OSi/c1-17(2,3)19(18-4,15-11-7-5-8-12-15)16-13-9-6-10-14-16/h5-14H,1-4H3. The second kappa shape index (κ2) is 5.31. The van der Waals surface area contributed by atoms with Crippen LogP contribution in [0.3, 0.4) is 0 Å². The van der Waals surface area contributed by atoms with E-state index in [1.807, 2.05) is 7.11 Å². The minimum atomic E-state index is -2.22. The maximum absolute atomic E-state index is 6.21. The van der Waals surface area contributed by atoms with Gasteiger partial charge in [-0.1, -0.05) is 81.4 Å². The first kappa shape index (κ1) is 14.0. The summed E-state index contributed by atoms with van der Waals surface area (Å²) in [6.07, 6.45) is 0. The van der Waals surface area contributed by atoms with Crippen LogP contribution in [0.2, 0.25) is 5.04 Å².